The number of amides is 2. The van der Waals surface area contributed by atoms with Gasteiger partial charge in [-0.2, -0.15) is 5.10 Å². The quantitative estimate of drug-likeness (QED) is 0.332. The van der Waals surface area contributed by atoms with Crippen LogP contribution in [0.1, 0.15) is 44.9 Å². The second-order valence-electron chi connectivity index (χ2n) is 8.48. The van der Waals surface area contributed by atoms with Crippen molar-refractivity contribution in [1.82, 2.24) is 15.1 Å². The van der Waals surface area contributed by atoms with Crippen LogP contribution in [0.5, 0.6) is 0 Å². The van der Waals surface area contributed by atoms with Crippen molar-refractivity contribution in [3.05, 3.63) is 130 Å². The van der Waals surface area contributed by atoms with Crippen molar-refractivity contribution < 1.29 is 19.1 Å². The molecular formula is C29H26N4O5. The van der Waals surface area contributed by atoms with E-state index >= 15 is 0 Å². The van der Waals surface area contributed by atoms with E-state index in [0.29, 0.717) is 0 Å². The number of para-hydroxylation sites is 1. The fourth-order valence-corrected chi connectivity index (χ4v) is 3.71. The molecule has 0 bridgehead atoms. The van der Waals surface area contributed by atoms with Crippen LogP contribution in [0.2, 0.25) is 0 Å². The van der Waals surface area contributed by atoms with Crippen molar-refractivity contribution >= 4 is 23.5 Å². The lowest BCUT2D eigenvalue weighted by Crippen LogP contribution is -2.29. The van der Waals surface area contributed by atoms with Gasteiger partial charge in [-0.15, -0.1) is 0 Å². The summed E-state index contributed by atoms with van der Waals surface area (Å²) in [6.07, 6.45) is 0. The largest absolute Gasteiger partial charge is 0.451 e. The highest BCUT2D eigenvalue weighted by molar-refractivity contribution is 6.04. The maximum Gasteiger partial charge on any atom is 0.359 e. The first-order valence-electron chi connectivity index (χ1n) is 11.9. The fourth-order valence-electron chi connectivity index (χ4n) is 3.71. The number of esters is 1. The predicted octanol–water partition coefficient (Wildman–Crippen LogP) is 3.58. The lowest BCUT2D eigenvalue weighted by Gasteiger charge is -2.16. The first kappa shape index (κ1) is 26.0. The van der Waals surface area contributed by atoms with Gasteiger partial charge in [-0.25, -0.2) is 9.48 Å². The molecule has 38 heavy (non-hydrogen) atoms. The topological polar surface area (TPSA) is 119 Å². The van der Waals surface area contributed by atoms with Crippen LogP contribution in [0, 0.1) is 0 Å². The SMILES string of the molecule is C[C@H](NC(=O)c1ccccc1NC(=O)COC(=O)c1ccc(=O)n(Cc2ccccc2)n1)c1ccccc1. The van der Waals surface area contributed by atoms with Gasteiger partial charge >= 0.3 is 5.97 Å². The molecule has 0 saturated carbocycles. The minimum absolute atomic E-state index is 0.108. The van der Waals surface area contributed by atoms with Crippen molar-refractivity contribution in [3.63, 3.8) is 0 Å². The predicted molar refractivity (Wildman–Crippen MR) is 142 cm³/mol. The van der Waals surface area contributed by atoms with Crippen LogP contribution in [0.25, 0.3) is 0 Å². The van der Waals surface area contributed by atoms with Gasteiger partial charge in [-0.1, -0.05) is 72.8 Å². The van der Waals surface area contributed by atoms with Gasteiger partial charge in [0.2, 0.25) is 0 Å². The molecule has 0 aliphatic rings. The summed E-state index contributed by atoms with van der Waals surface area (Å²) in [4.78, 5) is 50.1. The Morgan fingerprint density at radius 1 is 0.868 bits per heavy atom. The van der Waals surface area contributed by atoms with E-state index in [4.69, 9.17) is 4.74 Å². The summed E-state index contributed by atoms with van der Waals surface area (Å²) in [5, 5.41) is 9.59. The standard InChI is InChI=1S/C29H26N4O5/c1-20(22-12-6-3-7-13-22)30-28(36)23-14-8-9-15-24(23)31-26(34)19-38-29(37)25-16-17-27(35)33(32-25)18-21-10-4-2-5-11-21/h2-17,20H,18-19H2,1H3,(H,30,36)(H,31,34)/t20-/m0/s1. The van der Waals surface area contributed by atoms with Crippen LogP contribution in [0.3, 0.4) is 0 Å². The molecule has 2 N–H and O–H groups in total. The van der Waals surface area contributed by atoms with Gasteiger partial charge in [0.1, 0.15) is 0 Å². The zero-order chi connectivity index (χ0) is 26.9. The molecule has 0 unspecified atom stereocenters. The molecule has 0 fully saturated rings. The van der Waals surface area contributed by atoms with Crippen molar-refractivity contribution in [1.29, 1.82) is 0 Å². The smallest absolute Gasteiger partial charge is 0.359 e. The van der Waals surface area contributed by atoms with E-state index in [1.54, 1.807) is 24.3 Å². The van der Waals surface area contributed by atoms with Gasteiger partial charge < -0.3 is 15.4 Å². The fraction of sp³-hybridized carbons (Fsp3) is 0.138. The van der Waals surface area contributed by atoms with Crippen LogP contribution in [0.15, 0.2) is 102 Å². The van der Waals surface area contributed by atoms with E-state index in [1.807, 2.05) is 67.6 Å². The van der Waals surface area contributed by atoms with Crippen molar-refractivity contribution in [3.8, 4) is 0 Å². The molecule has 0 aliphatic carbocycles. The summed E-state index contributed by atoms with van der Waals surface area (Å²) in [6.45, 7) is 1.45. The zero-order valence-electron chi connectivity index (χ0n) is 20.7. The number of hydrogen-bond acceptors (Lipinski definition) is 6. The Bertz CT molecular complexity index is 1490. The second kappa shape index (κ2) is 12.3. The molecule has 1 atom stereocenters. The zero-order valence-corrected chi connectivity index (χ0v) is 20.7. The Kier molecular flexibility index (Phi) is 8.40. The first-order valence-corrected chi connectivity index (χ1v) is 11.9. The maximum absolute atomic E-state index is 12.9. The minimum atomic E-state index is -0.857. The van der Waals surface area contributed by atoms with Gasteiger partial charge in [0.25, 0.3) is 17.4 Å². The molecule has 1 aromatic heterocycles. The number of hydrogen-bond donors (Lipinski definition) is 2. The number of carbonyl (C=O) groups is 3. The molecule has 0 aliphatic heterocycles. The summed E-state index contributed by atoms with van der Waals surface area (Å²) in [5.74, 6) is -1.85. The lowest BCUT2D eigenvalue weighted by atomic mass is 10.1. The van der Waals surface area contributed by atoms with Gasteiger partial charge in [0, 0.05) is 6.07 Å². The van der Waals surface area contributed by atoms with Crippen LogP contribution < -0.4 is 16.2 Å². The van der Waals surface area contributed by atoms with Gasteiger partial charge in [0.05, 0.1) is 23.8 Å². The number of rotatable bonds is 9. The minimum Gasteiger partial charge on any atom is -0.451 e. The number of carbonyl (C=O) groups excluding carboxylic acids is 3. The van der Waals surface area contributed by atoms with Crippen LogP contribution in [-0.4, -0.2) is 34.2 Å². The van der Waals surface area contributed by atoms with E-state index in [0.717, 1.165) is 15.8 Å². The summed E-state index contributed by atoms with van der Waals surface area (Å²) in [7, 11) is 0. The molecule has 3 aromatic carbocycles. The molecule has 9 heteroatoms. The maximum atomic E-state index is 12.9. The molecule has 0 spiro atoms. The number of nitrogens with one attached hydrogen (secondary N) is 2. The Hall–Kier alpha value is -5.05. The van der Waals surface area contributed by atoms with E-state index in [1.165, 1.54) is 12.1 Å². The van der Waals surface area contributed by atoms with Crippen LogP contribution >= 0.6 is 0 Å². The van der Waals surface area contributed by atoms with E-state index in [-0.39, 0.29) is 41.0 Å². The third-order valence-electron chi connectivity index (χ3n) is 5.68. The van der Waals surface area contributed by atoms with Crippen LogP contribution in [-0.2, 0) is 16.1 Å². The summed E-state index contributed by atoms with van der Waals surface area (Å²) < 4.78 is 6.25. The Morgan fingerprint density at radius 2 is 1.53 bits per heavy atom. The Balaban J connectivity index is 1.36. The second-order valence-corrected chi connectivity index (χ2v) is 8.48. The first-order chi connectivity index (χ1) is 18.4. The average molecular weight is 511 g/mol. The number of aromatic nitrogens is 2. The molecule has 4 rings (SSSR count). The highest BCUT2D eigenvalue weighted by atomic mass is 16.5. The molecule has 192 valence electrons. The van der Waals surface area contributed by atoms with Crippen molar-refractivity contribution in [2.75, 3.05) is 11.9 Å². The number of nitrogens with zero attached hydrogens (tertiary/aromatic N) is 2. The van der Waals surface area contributed by atoms with Crippen molar-refractivity contribution in [2.45, 2.75) is 19.5 Å². The Morgan fingerprint density at radius 3 is 2.26 bits per heavy atom. The summed E-state index contributed by atoms with van der Waals surface area (Å²) in [5.41, 5.74) is 1.85. The van der Waals surface area contributed by atoms with E-state index < -0.39 is 18.5 Å². The van der Waals surface area contributed by atoms with Gasteiger partial charge in [-0.3, -0.25) is 14.4 Å². The molecule has 0 saturated heterocycles. The number of ether oxygens (including phenoxy) is 1. The highest BCUT2D eigenvalue weighted by Gasteiger charge is 2.18. The Labute approximate surface area is 219 Å². The van der Waals surface area contributed by atoms with Gasteiger partial charge in [-0.05, 0) is 36.2 Å². The monoisotopic (exact) mass is 510 g/mol. The van der Waals surface area contributed by atoms with Crippen LogP contribution in [0.4, 0.5) is 5.69 Å². The van der Waals surface area contributed by atoms with E-state index in [9.17, 15) is 19.2 Å². The van der Waals surface area contributed by atoms with Gasteiger partial charge in [0.15, 0.2) is 12.3 Å². The molecule has 2 amide bonds. The number of benzene rings is 3. The molecular weight excluding hydrogens is 484 g/mol. The summed E-state index contributed by atoms with van der Waals surface area (Å²) in [6, 6.07) is 27.5. The number of anilines is 1. The summed E-state index contributed by atoms with van der Waals surface area (Å²) >= 11 is 0. The molecule has 4 aromatic rings. The van der Waals surface area contributed by atoms with Crippen molar-refractivity contribution in [2.24, 2.45) is 0 Å². The molecule has 1 heterocycles. The highest BCUT2D eigenvalue weighted by Crippen LogP contribution is 2.18. The molecule has 0 radical (unpaired) electrons. The third-order valence-corrected chi connectivity index (χ3v) is 5.68. The van der Waals surface area contributed by atoms with E-state index in [2.05, 4.69) is 15.7 Å². The normalized spacial score (nSPS) is 11.3. The third kappa shape index (κ3) is 6.79. The average Bonchev–Trinajstić information content (AvgIpc) is 2.94. The molecule has 9 nitrogen and oxygen atoms in total. The lowest BCUT2D eigenvalue weighted by molar-refractivity contribution is -0.119.